The third kappa shape index (κ3) is 5.10. The number of para-hydroxylation sites is 3. The van der Waals surface area contributed by atoms with Gasteiger partial charge in [0.05, 0.1) is 11.0 Å². The highest BCUT2D eigenvalue weighted by Gasteiger charge is 2.24. The largest absolute Gasteiger partial charge is 0.292 e. The molecule has 1 aliphatic carbocycles. The summed E-state index contributed by atoms with van der Waals surface area (Å²) in [6.45, 7) is 0. The third-order valence-corrected chi connectivity index (χ3v) is 11.7. The molecule has 12 rings (SSSR count). The van der Waals surface area contributed by atoms with E-state index in [-0.39, 0.29) is 0 Å². The number of nitrogens with zero attached hydrogens (tertiary/aromatic N) is 5. The summed E-state index contributed by atoms with van der Waals surface area (Å²) in [5.41, 5.74) is 11.9. The molecule has 0 aliphatic heterocycles. The normalized spacial score (nSPS) is 12.1. The van der Waals surface area contributed by atoms with E-state index in [9.17, 15) is 0 Å². The highest BCUT2D eigenvalue weighted by atomic mass is 15.1. The molecule has 0 radical (unpaired) electrons. The van der Waals surface area contributed by atoms with Crippen molar-refractivity contribution >= 4 is 43.4 Å². The van der Waals surface area contributed by atoms with Crippen LogP contribution in [0.2, 0.25) is 0 Å². The molecule has 58 heavy (non-hydrogen) atoms. The summed E-state index contributed by atoms with van der Waals surface area (Å²) in [6.07, 6.45) is 0.889. The first-order valence-corrected chi connectivity index (χ1v) is 19.7. The maximum Gasteiger partial charge on any atom is 0.164 e. The van der Waals surface area contributed by atoms with E-state index in [1.54, 1.807) is 0 Å². The lowest BCUT2D eigenvalue weighted by molar-refractivity contribution is 1.07. The molecule has 0 spiro atoms. The van der Waals surface area contributed by atoms with Crippen LogP contribution in [-0.4, -0.2) is 24.5 Å². The number of hydrogen-bond acceptors (Lipinski definition) is 4. The van der Waals surface area contributed by atoms with E-state index >= 15 is 0 Å². The predicted molar refractivity (Wildman–Crippen MR) is 237 cm³/mol. The second kappa shape index (κ2) is 12.9. The van der Waals surface area contributed by atoms with Crippen LogP contribution in [0.3, 0.4) is 0 Å². The molecule has 2 aromatic heterocycles. The minimum atomic E-state index is 0.608. The Labute approximate surface area is 334 Å². The summed E-state index contributed by atoms with van der Waals surface area (Å²) in [6, 6.07) is 66.3. The molecule has 5 nitrogen and oxygen atoms in total. The van der Waals surface area contributed by atoms with Gasteiger partial charge in [-0.05, 0) is 97.4 Å². The standard InChI is InChI=1S/C53H33N5/c1-2-18-38(19-3-1)58-48-27-11-10-26-47(48)54-53(58)37-17-12-16-35(31-37)50-55-51(57-52(56-50)45-25-13-15-34-30-33-14-4-5-20-39(33)49(34)45)36-28-29-44-42-23-7-6-21-40(42)41-22-8-9-24-43(41)46(44)32-36/h1-29,31-32H,30H2. The van der Waals surface area contributed by atoms with Gasteiger partial charge >= 0.3 is 0 Å². The Morgan fingerprint density at radius 3 is 1.72 bits per heavy atom. The minimum absolute atomic E-state index is 0.608. The second-order valence-electron chi connectivity index (χ2n) is 15.0. The van der Waals surface area contributed by atoms with Crippen molar-refractivity contribution in [2.75, 3.05) is 0 Å². The maximum atomic E-state index is 5.32. The molecule has 5 heteroatoms. The van der Waals surface area contributed by atoms with Crippen LogP contribution in [0.4, 0.5) is 0 Å². The number of imidazole rings is 1. The second-order valence-corrected chi connectivity index (χ2v) is 15.0. The molecule has 0 amide bonds. The van der Waals surface area contributed by atoms with Crippen LogP contribution in [0.15, 0.2) is 188 Å². The van der Waals surface area contributed by atoms with E-state index in [1.165, 1.54) is 54.6 Å². The number of fused-ring (bicyclic) bond motifs is 10. The van der Waals surface area contributed by atoms with Gasteiger partial charge in [-0.2, -0.15) is 0 Å². The molecule has 0 atom stereocenters. The highest BCUT2D eigenvalue weighted by molar-refractivity contribution is 6.25. The molecule has 0 saturated heterocycles. The topological polar surface area (TPSA) is 56.5 Å². The fourth-order valence-corrected chi connectivity index (χ4v) is 9.03. The van der Waals surface area contributed by atoms with E-state index in [4.69, 9.17) is 19.9 Å². The molecule has 2 heterocycles. The first-order valence-electron chi connectivity index (χ1n) is 19.7. The van der Waals surface area contributed by atoms with E-state index in [1.807, 2.05) is 12.1 Å². The monoisotopic (exact) mass is 739 g/mol. The van der Waals surface area contributed by atoms with Gasteiger partial charge in [-0.15, -0.1) is 0 Å². The van der Waals surface area contributed by atoms with Crippen LogP contribution in [0.5, 0.6) is 0 Å². The molecule has 0 unspecified atom stereocenters. The van der Waals surface area contributed by atoms with Crippen molar-refractivity contribution in [2.24, 2.45) is 0 Å². The number of rotatable bonds is 5. The third-order valence-electron chi connectivity index (χ3n) is 11.7. The Morgan fingerprint density at radius 2 is 0.931 bits per heavy atom. The van der Waals surface area contributed by atoms with Gasteiger partial charge in [0.25, 0.3) is 0 Å². The van der Waals surface area contributed by atoms with Gasteiger partial charge in [0.15, 0.2) is 17.5 Å². The predicted octanol–water partition coefficient (Wildman–Crippen LogP) is 12.9. The minimum Gasteiger partial charge on any atom is -0.292 e. The summed E-state index contributed by atoms with van der Waals surface area (Å²) in [5.74, 6) is 2.75. The van der Waals surface area contributed by atoms with Crippen LogP contribution < -0.4 is 0 Å². The van der Waals surface area contributed by atoms with Gasteiger partial charge in [0, 0.05) is 27.9 Å². The average molecular weight is 740 g/mol. The van der Waals surface area contributed by atoms with Crippen molar-refractivity contribution in [2.45, 2.75) is 6.42 Å². The van der Waals surface area contributed by atoms with Gasteiger partial charge in [-0.1, -0.05) is 152 Å². The first-order chi connectivity index (χ1) is 28.7. The number of benzene rings is 9. The first kappa shape index (κ1) is 32.5. The molecule has 270 valence electrons. The van der Waals surface area contributed by atoms with Crippen LogP contribution in [0.1, 0.15) is 11.1 Å². The summed E-state index contributed by atoms with van der Waals surface area (Å²) in [4.78, 5) is 21.1. The number of hydrogen-bond donors (Lipinski definition) is 0. The van der Waals surface area contributed by atoms with Gasteiger partial charge < -0.3 is 0 Å². The zero-order chi connectivity index (χ0) is 38.2. The fraction of sp³-hybridized carbons (Fsp3) is 0.0189. The Bertz CT molecular complexity index is 3400. The van der Waals surface area contributed by atoms with Crippen LogP contribution in [0.25, 0.3) is 106 Å². The molecule has 11 aromatic rings. The molecular weight excluding hydrogens is 707 g/mol. The molecular formula is C53H33N5. The lowest BCUT2D eigenvalue weighted by Crippen LogP contribution is -2.02. The van der Waals surface area contributed by atoms with Crippen molar-refractivity contribution in [1.29, 1.82) is 0 Å². The summed E-state index contributed by atoms with van der Waals surface area (Å²) in [5, 5.41) is 7.31. The molecule has 1 aliphatic rings. The van der Waals surface area contributed by atoms with Crippen LogP contribution >= 0.6 is 0 Å². The Kier molecular flexibility index (Phi) is 7.23. The van der Waals surface area contributed by atoms with Gasteiger partial charge in [-0.25, -0.2) is 19.9 Å². The van der Waals surface area contributed by atoms with Gasteiger partial charge in [-0.3, -0.25) is 4.57 Å². The molecule has 0 fully saturated rings. The zero-order valence-electron chi connectivity index (χ0n) is 31.3. The summed E-state index contributed by atoms with van der Waals surface area (Å²) >= 11 is 0. The SMILES string of the molecule is c1ccc(-n2c(-c3cccc(-c4nc(-c5ccc6c7ccccc7c7ccccc7c6c5)nc(-c5cccc6c5-c5ccccc5C6)n4)c3)nc3ccccc32)cc1. The van der Waals surface area contributed by atoms with E-state index in [2.05, 4.69) is 180 Å². The van der Waals surface area contributed by atoms with Crippen molar-refractivity contribution in [3.05, 3.63) is 199 Å². The van der Waals surface area contributed by atoms with E-state index in [0.29, 0.717) is 17.5 Å². The van der Waals surface area contributed by atoms with Crippen molar-refractivity contribution in [3.63, 3.8) is 0 Å². The lowest BCUT2D eigenvalue weighted by atomic mass is 9.93. The zero-order valence-corrected chi connectivity index (χ0v) is 31.3. The smallest absolute Gasteiger partial charge is 0.164 e. The molecule has 0 N–H and O–H groups in total. The van der Waals surface area contributed by atoms with Crippen LogP contribution in [0, 0.1) is 0 Å². The lowest BCUT2D eigenvalue weighted by Gasteiger charge is -2.14. The summed E-state index contributed by atoms with van der Waals surface area (Å²) in [7, 11) is 0. The maximum absolute atomic E-state index is 5.32. The summed E-state index contributed by atoms with van der Waals surface area (Å²) < 4.78 is 2.23. The van der Waals surface area contributed by atoms with Gasteiger partial charge in [0.1, 0.15) is 5.82 Å². The van der Waals surface area contributed by atoms with E-state index < -0.39 is 0 Å². The molecule has 0 saturated carbocycles. The van der Waals surface area contributed by atoms with Crippen molar-refractivity contribution in [1.82, 2.24) is 24.5 Å². The quantitative estimate of drug-likeness (QED) is 0.165. The average Bonchev–Trinajstić information content (AvgIpc) is 3.88. The number of aromatic nitrogens is 5. The fourth-order valence-electron chi connectivity index (χ4n) is 9.03. The Balaban J connectivity index is 1.09. The molecule has 9 aromatic carbocycles. The Morgan fingerprint density at radius 1 is 0.362 bits per heavy atom. The molecule has 0 bridgehead atoms. The highest BCUT2D eigenvalue weighted by Crippen LogP contribution is 2.43. The Hall–Kier alpha value is -7.76. The van der Waals surface area contributed by atoms with Crippen molar-refractivity contribution < 1.29 is 0 Å². The van der Waals surface area contributed by atoms with Crippen LogP contribution in [-0.2, 0) is 6.42 Å². The van der Waals surface area contributed by atoms with Crippen molar-refractivity contribution in [3.8, 4) is 62.4 Å². The van der Waals surface area contributed by atoms with E-state index in [0.717, 1.165) is 51.2 Å². The van der Waals surface area contributed by atoms with Gasteiger partial charge in [0.2, 0.25) is 0 Å².